The molecular weight excluding hydrogens is 296 g/mol. The summed E-state index contributed by atoms with van der Waals surface area (Å²) < 4.78 is 0. The SMILES string of the molecule is Cc1ncccc1CNCCCCc1c[nH]c2ccc(C#N)cc12. The molecule has 2 N–H and O–H groups in total. The van der Waals surface area contributed by atoms with Crippen molar-refractivity contribution in [2.45, 2.75) is 32.7 Å². The molecule has 24 heavy (non-hydrogen) atoms. The molecule has 0 radical (unpaired) electrons. The minimum absolute atomic E-state index is 0.719. The van der Waals surface area contributed by atoms with E-state index < -0.39 is 0 Å². The molecule has 0 aliphatic rings. The third-order valence-electron chi connectivity index (χ3n) is 4.38. The number of hydrogen-bond acceptors (Lipinski definition) is 3. The minimum atomic E-state index is 0.719. The Hall–Kier alpha value is -2.64. The highest BCUT2D eigenvalue weighted by atomic mass is 14.8. The van der Waals surface area contributed by atoms with Crippen LogP contribution >= 0.6 is 0 Å². The van der Waals surface area contributed by atoms with E-state index >= 15 is 0 Å². The first-order valence-corrected chi connectivity index (χ1v) is 8.39. The van der Waals surface area contributed by atoms with Gasteiger partial charge in [-0.2, -0.15) is 5.26 Å². The summed E-state index contributed by atoms with van der Waals surface area (Å²) in [6, 6.07) is 12.1. The van der Waals surface area contributed by atoms with Gasteiger partial charge in [-0.05, 0) is 68.1 Å². The lowest BCUT2D eigenvalue weighted by Crippen LogP contribution is -2.15. The van der Waals surface area contributed by atoms with Crippen LogP contribution < -0.4 is 5.32 Å². The van der Waals surface area contributed by atoms with Crippen molar-refractivity contribution in [3.63, 3.8) is 0 Å². The molecular formula is C20H22N4. The first-order chi connectivity index (χ1) is 11.8. The van der Waals surface area contributed by atoms with Crippen LogP contribution in [0.15, 0.2) is 42.7 Å². The number of rotatable bonds is 7. The number of hydrogen-bond donors (Lipinski definition) is 2. The number of aromatic amines is 1. The average Bonchev–Trinajstić information content (AvgIpc) is 3.01. The molecule has 3 aromatic rings. The zero-order valence-corrected chi connectivity index (χ0v) is 14.0. The number of pyridine rings is 1. The van der Waals surface area contributed by atoms with E-state index in [1.165, 1.54) is 16.5 Å². The lowest BCUT2D eigenvalue weighted by molar-refractivity contribution is 0.621. The fraction of sp³-hybridized carbons (Fsp3) is 0.300. The Labute approximate surface area is 142 Å². The van der Waals surface area contributed by atoms with Crippen molar-refractivity contribution < 1.29 is 0 Å². The van der Waals surface area contributed by atoms with Gasteiger partial charge in [0.25, 0.3) is 0 Å². The molecule has 1 aromatic carbocycles. The van der Waals surface area contributed by atoms with Gasteiger partial charge in [-0.1, -0.05) is 6.07 Å². The molecule has 0 aliphatic heterocycles. The van der Waals surface area contributed by atoms with Crippen molar-refractivity contribution in [1.29, 1.82) is 5.26 Å². The van der Waals surface area contributed by atoms with Crippen LogP contribution in [0.2, 0.25) is 0 Å². The number of fused-ring (bicyclic) bond motifs is 1. The number of nitrogens with zero attached hydrogens (tertiary/aromatic N) is 2. The second-order valence-electron chi connectivity index (χ2n) is 6.07. The van der Waals surface area contributed by atoms with E-state index in [-0.39, 0.29) is 0 Å². The first kappa shape index (κ1) is 16.2. The summed E-state index contributed by atoms with van der Waals surface area (Å²) in [5.74, 6) is 0. The van der Waals surface area contributed by atoms with E-state index in [0.717, 1.165) is 49.1 Å². The van der Waals surface area contributed by atoms with Crippen molar-refractivity contribution in [3.05, 3.63) is 65.1 Å². The molecule has 2 aromatic heterocycles. The second-order valence-corrected chi connectivity index (χ2v) is 6.07. The Kier molecular flexibility index (Phi) is 5.25. The summed E-state index contributed by atoms with van der Waals surface area (Å²) in [6.07, 6.45) is 7.19. The van der Waals surface area contributed by atoms with E-state index in [2.05, 4.69) is 33.6 Å². The number of aromatic nitrogens is 2. The summed E-state index contributed by atoms with van der Waals surface area (Å²) in [6.45, 7) is 3.92. The molecule has 3 rings (SSSR count). The monoisotopic (exact) mass is 318 g/mol. The Morgan fingerprint density at radius 2 is 2.12 bits per heavy atom. The van der Waals surface area contributed by atoms with E-state index in [4.69, 9.17) is 5.26 Å². The largest absolute Gasteiger partial charge is 0.361 e. The molecule has 0 bridgehead atoms. The number of benzene rings is 1. The second kappa shape index (κ2) is 7.76. The van der Waals surface area contributed by atoms with Crippen molar-refractivity contribution in [2.75, 3.05) is 6.54 Å². The summed E-state index contributed by atoms with van der Waals surface area (Å²) in [7, 11) is 0. The van der Waals surface area contributed by atoms with Gasteiger partial charge < -0.3 is 10.3 Å². The molecule has 0 spiro atoms. The number of nitriles is 1. The highest BCUT2D eigenvalue weighted by Gasteiger charge is 2.04. The zero-order valence-electron chi connectivity index (χ0n) is 14.0. The van der Waals surface area contributed by atoms with E-state index in [1.54, 1.807) is 0 Å². The Morgan fingerprint density at radius 3 is 2.96 bits per heavy atom. The fourth-order valence-corrected chi connectivity index (χ4v) is 2.95. The summed E-state index contributed by atoms with van der Waals surface area (Å²) in [5.41, 5.74) is 5.48. The molecule has 0 saturated heterocycles. The molecule has 2 heterocycles. The number of H-pyrrole nitrogens is 1. The van der Waals surface area contributed by atoms with Crippen LogP contribution in [0.4, 0.5) is 0 Å². The van der Waals surface area contributed by atoms with Crippen molar-refractivity contribution in [3.8, 4) is 6.07 Å². The van der Waals surface area contributed by atoms with Crippen LogP contribution in [0.3, 0.4) is 0 Å². The maximum Gasteiger partial charge on any atom is 0.0991 e. The van der Waals surface area contributed by atoms with E-state index in [1.807, 2.05) is 37.4 Å². The zero-order chi connectivity index (χ0) is 16.8. The molecule has 0 unspecified atom stereocenters. The number of aryl methyl sites for hydroxylation is 2. The summed E-state index contributed by atoms with van der Waals surface area (Å²) in [5, 5.41) is 13.7. The van der Waals surface area contributed by atoms with Crippen LogP contribution in [-0.4, -0.2) is 16.5 Å². The van der Waals surface area contributed by atoms with Crippen molar-refractivity contribution >= 4 is 10.9 Å². The minimum Gasteiger partial charge on any atom is -0.361 e. The predicted molar refractivity (Wildman–Crippen MR) is 96.6 cm³/mol. The first-order valence-electron chi connectivity index (χ1n) is 8.39. The smallest absolute Gasteiger partial charge is 0.0991 e. The number of unbranched alkanes of at least 4 members (excludes halogenated alkanes) is 1. The normalized spacial score (nSPS) is 10.8. The van der Waals surface area contributed by atoms with Gasteiger partial charge in [0, 0.05) is 35.5 Å². The lowest BCUT2D eigenvalue weighted by Gasteiger charge is -2.07. The molecule has 4 nitrogen and oxygen atoms in total. The van der Waals surface area contributed by atoms with E-state index in [9.17, 15) is 0 Å². The molecule has 0 fully saturated rings. The number of nitrogens with one attached hydrogen (secondary N) is 2. The van der Waals surface area contributed by atoms with Gasteiger partial charge in [-0.15, -0.1) is 0 Å². The van der Waals surface area contributed by atoms with Gasteiger partial charge in [0.1, 0.15) is 0 Å². The van der Waals surface area contributed by atoms with Gasteiger partial charge in [-0.25, -0.2) is 0 Å². The van der Waals surface area contributed by atoms with Crippen LogP contribution in [0, 0.1) is 18.3 Å². The Morgan fingerprint density at radius 1 is 1.21 bits per heavy atom. The highest BCUT2D eigenvalue weighted by molar-refractivity contribution is 5.84. The van der Waals surface area contributed by atoms with Gasteiger partial charge in [0.2, 0.25) is 0 Å². The standard InChI is InChI=1S/C20H22N4/c1-15-17(6-4-10-23-15)13-22-9-3-2-5-18-14-24-20-8-7-16(12-21)11-19(18)20/h4,6-8,10-11,14,22,24H,2-3,5,9,13H2,1H3. The lowest BCUT2D eigenvalue weighted by atomic mass is 10.1. The van der Waals surface area contributed by atoms with Crippen LogP contribution in [-0.2, 0) is 13.0 Å². The van der Waals surface area contributed by atoms with Gasteiger partial charge >= 0.3 is 0 Å². The van der Waals surface area contributed by atoms with Crippen LogP contribution in [0.1, 0.15) is 35.2 Å². The van der Waals surface area contributed by atoms with E-state index in [0.29, 0.717) is 0 Å². The summed E-state index contributed by atoms with van der Waals surface area (Å²) >= 11 is 0. The molecule has 0 aliphatic carbocycles. The highest BCUT2D eigenvalue weighted by Crippen LogP contribution is 2.21. The Bertz CT molecular complexity index is 857. The molecule has 0 saturated carbocycles. The predicted octanol–water partition coefficient (Wildman–Crippen LogP) is 3.86. The van der Waals surface area contributed by atoms with Crippen LogP contribution in [0.25, 0.3) is 10.9 Å². The van der Waals surface area contributed by atoms with Gasteiger partial charge in [-0.3, -0.25) is 4.98 Å². The Balaban J connectivity index is 1.45. The molecule has 0 amide bonds. The van der Waals surface area contributed by atoms with Gasteiger partial charge in [0.05, 0.1) is 11.6 Å². The fourth-order valence-electron chi connectivity index (χ4n) is 2.95. The maximum atomic E-state index is 9.04. The maximum absolute atomic E-state index is 9.04. The molecule has 0 atom stereocenters. The third-order valence-corrected chi connectivity index (χ3v) is 4.38. The molecule has 4 heteroatoms. The van der Waals surface area contributed by atoms with Crippen molar-refractivity contribution in [2.24, 2.45) is 0 Å². The van der Waals surface area contributed by atoms with Gasteiger partial charge in [0.15, 0.2) is 0 Å². The third kappa shape index (κ3) is 3.81. The average molecular weight is 318 g/mol. The topological polar surface area (TPSA) is 64.5 Å². The molecule has 122 valence electrons. The van der Waals surface area contributed by atoms with Crippen molar-refractivity contribution in [1.82, 2.24) is 15.3 Å². The summed E-state index contributed by atoms with van der Waals surface area (Å²) in [4.78, 5) is 7.59. The quantitative estimate of drug-likeness (QED) is 0.650. The van der Waals surface area contributed by atoms with Crippen LogP contribution in [0.5, 0.6) is 0 Å².